The Kier molecular flexibility index (Phi) is 2.74. The van der Waals surface area contributed by atoms with Crippen LogP contribution >= 0.6 is 0 Å². The van der Waals surface area contributed by atoms with E-state index >= 15 is 0 Å². The molecule has 0 unspecified atom stereocenters. The Morgan fingerprint density at radius 1 is 1.25 bits per heavy atom. The summed E-state index contributed by atoms with van der Waals surface area (Å²) in [6.07, 6.45) is 1.26. The van der Waals surface area contributed by atoms with Crippen LogP contribution in [0.25, 0.3) is 16.6 Å². The molecular weight excluding hydrogens is 265 g/mol. The predicted octanol–water partition coefficient (Wildman–Crippen LogP) is 1.26. The lowest BCUT2D eigenvalue weighted by molar-refractivity contribution is -0.137. The second-order valence-corrected chi connectivity index (χ2v) is 4.36. The second kappa shape index (κ2) is 4.44. The van der Waals surface area contributed by atoms with Crippen molar-refractivity contribution in [2.24, 2.45) is 0 Å². The maximum atomic E-state index is 13.4. The number of carbonyl (C=O) groups is 1. The number of benzene rings is 1. The van der Waals surface area contributed by atoms with E-state index in [9.17, 15) is 14.0 Å². The van der Waals surface area contributed by atoms with E-state index in [0.717, 1.165) is 0 Å². The maximum Gasteiger partial charge on any atom is 0.305 e. The van der Waals surface area contributed by atoms with Crippen molar-refractivity contribution in [2.75, 3.05) is 0 Å². The van der Waals surface area contributed by atoms with Crippen LogP contribution in [0.3, 0.4) is 0 Å². The first-order valence-corrected chi connectivity index (χ1v) is 5.95. The lowest BCUT2D eigenvalue weighted by atomic mass is 10.2. The fourth-order valence-corrected chi connectivity index (χ4v) is 2.23. The van der Waals surface area contributed by atoms with E-state index in [2.05, 4.69) is 5.10 Å². The molecule has 3 rings (SSSR count). The van der Waals surface area contributed by atoms with Crippen molar-refractivity contribution in [2.45, 2.75) is 13.0 Å². The molecule has 2 aromatic heterocycles. The maximum absolute atomic E-state index is 13.4. The van der Waals surface area contributed by atoms with E-state index in [1.165, 1.54) is 33.5 Å². The van der Waals surface area contributed by atoms with E-state index in [-0.39, 0.29) is 18.5 Å². The molecule has 3 aromatic rings. The largest absolute Gasteiger partial charge is 0.481 e. The zero-order valence-electron chi connectivity index (χ0n) is 10.3. The quantitative estimate of drug-likeness (QED) is 0.780. The zero-order valence-corrected chi connectivity index (χ0v) is 10.3. The number of halogens is 1. The van der Waals surface area contributed by atoms with Gasteiger partial charge in [-0.1, -0.05) is 0 Å². The van der Waals surface area contributed by atoms with E-state index < -0.39 is 11.8 Å². The van der Waals surface area contributed by atoms with Crippen molar-refractivity contribution < 1.29 is 14.3 Å². The van der Waals surface area contributed by atoms with Gasteiger partial charge in [0.15, 0.2) is 0 Å². The number of rotatable bonds is 3. The third-order valence-corrected chi connectivity index (χ3v) is 3.11. The van der Waals surface area contributed by atoms with Gasteiger partial charge in [-0.25, -0.2) is 8.91 Å². The van der Waals surface area contributed by atoms with Gasteiger partial charge < -0.3 is 9.67 Å². The highest BCUT2D eigenvalue weighted by molar-refractivity contribution is 5.78. The van der Waals surface area contributed by atoms with Crippen LogP contribution in [0.1, 0.15) is 6.42 Å². The summed E-state index contributed by atoms with van der Waals surface area (Å²) in [5.41, 5.74) is 0.820. The Bertz CT molecular complexity index is 882. The molecule has 6 nitrogen and oxygen atoms in total. The molecule has 0 saturated heterocycles. The summed E-state index contributed by atoms with van der Waals surface area (Å²) in [6, 6.07) is 5.54. The highest BCUT2D eigenvalue weighted by Gasteiger charge is 2.12. The first-order chi connectivity index (χ1) is 9.58. The smallest absolute Gasteiger partial charge is 0.305 e. The van der Waals surface area contributed by atoms with E-state index in [1.807, 2.05) is 0 Å². The van der Waals surface area contributed by atoms with Crippen LogP contribution in [0.4, 0.5) is 4.39 Å². The van der Waals surface area contributed by atoms with Crippen LogP contribution in [0, 0.1) is 5.82 Å². The molecule has 102 valence electrons. The highest BCUT2D eigenvalue weighted by Crippen LogP contribution is 2.15. The normalized spacial score (nSPS) is 11.2. The summed E-state index contributed by atoms with van der Waals surface area (Å²) in [6.45, 7) is -0.0181. The van der Waals surface area contributed by atoms with Gasteiger partial charge in [0.05, 0.1) is 23.7 Å². The summed E-state index contributed by atoms with van der Waals surface area (Å²) in [5.74, 6) is -1.51. The van der Waals surface area contributed by atoms with Crippen LogP contribution in [0.15, 0.2) is 35.3 Å². The fourth-order valence-electron chi connectivity index (χ4n) is 2.23. The van der Waals surface area contributed by atoms with Gasteiger partial charge in [-0.15, -0.1) is 0 Å². The lowest BCUT2D eigenvalue weighted by Crippen LogP contribution is -2.24. The number of carboxylic acid groups (broad SMARTS) is 1. The number of carboxylic acids is 1. The van der Waals surface area contributed by atoms with Gasteiger partial charge >= 0.3 is 5.97 Å². The highest BCUT2D eigenvalue weighted by atomic mass is 19.1. The van der Waals surface area contributed by atoms with E-state index in [4.69, 9.17) is 5.11 Å². The summed E-state index contributed by atoms with van der Waals surface area (Å²) in [7, 11) is 0. The molecule has 1 aromatic carbocycles. The van der Waals surface area contributed by atoms with Crippen molar-refractivity contribution in [3.8, 4) is 0 Å². The molecular formula is C13H10FN3O3. The molecule has 1 N–H and O–H groups in total. The number of hydrogen-bond acceptors (Lipinski definition) is 3. The monoisotopic (exact) mass is 275 g/mol. The Balaban J connectivity index is 2.38. The number of fused-ring (bicyclic) bond motifs is 3. The molecule has 0 amide bonds. The van der Waals surface area contributed by atoms with Gasteiger partial charge in [0.2, 0.25) is 0 Å². The summed E-state index contributed by atoms with van der Waals surface area (Å²) < 4.78 is 16.1. The minimum absolute atomic E-state index is 0.0181. The average Bonchev–Trinajstić information content (AvgIpc) is 2.87. The Labute approximate surface area is 111 Å². The molecule has 0 radical (unpaired) electrons. The molecule has 0 aliphatic rings. The summed E-state index contributed by atoms with van der Waals surface area (Å²) in [5, 5.41) is 12.8. The van der Waals surface area contributed by atoms with Gasteiger partial charge in [-0.3, -0.25) is 9.59 Å². The average molecular weight is 275 g/mol. The van der Waals surface area contributed by atoms with Crippen LogP contribution in [0.2, 0.25) is 0 Å². The van der Waals surface area contributed by atoms with Gasteiger partial charge in [0, 0.05) is 6.54 Å². The lowest BCUT2D eigenvalue weighted by Gasteiger charge is -2.10. The van der Waals surface area contributed by atoms with Crippen LogP contribution in [0.5, 0.6) is 0 Å². The Morgan fingerprint density at radius 3 is 2.80 bits per heavy atom. The second-order valence-electron chi connectivity index (χ2n) is 4.36. The van der Waals surface area contributed by atoms with Crippen molar-refractivity contribution in [1.82, 2.24) is 14.2 Å². The molecule has 0 spiro atoms. The summed E-state index contributed by atoms with van der Waals surface area (Å²) in [4.78, 5) is 23.0. The molecule has 0 aliphatic carbocycles. The topological polar surface area (TPSA) is 76.6 Å². The molecule has 20 heavy (non-hydrogen) atoms. The van der Waals surface area contributed by atoms with Crippen molar-refractivity contribution >= 4 is 22.5 Å². The van der Waals surface area contributed by atoms with Crippen LogP contribution in [-0.4, -0.2) is 25.3 Å². The first kappa shape index (κ1) is 12.3. The minimum Gasteiger partial charge on any atom is -0.481 e. The van der Waals surface area contributed by atoms with Crippen LogP contribution < -0.4 is 5.56 Å². The van der Waals surface area contributed by atoms with Crippen LogP contribution in [-0.2, 0) is 11.3 Å². The minimum atomic E-state index is -1.02. The number of hydrogen-bond donors (Lipinski definition) is 1. The van der Waals surface area contributed by atoms with Crippen molar-refractivity contribution in [3.63, 3.8) is 0 Å². The van der Waals surface area contributed by atoms with E-state index in [0.29, 0.717) is 16.6 Å². The Morgan fingerprint density at radius 2 is 2.05 bits per heavy atom. The first-order valence-electron chi connectivity index (χ1n) is 5.95. The molecule has 0 aliphatic heterocycles. The third kappa shape index (κ3) is 1.83. The molecule has 0 bridgehead atoms. The fraction of sp³-hybridized carbons (Fsp3) is 0.154. The van der Waals surface area contributed by atoms with Crippen molar-refractivity contribution in [1.29, 1.82) is 0 Å². The number of aliphatic carboxylic acids is 1. The number of aromatic nitrogens is 3. The van der Waals surface area contributed by atoms with Gasteiger partial charge in [0.1, 0.15) is 11.3 Å². The number of nitrogens with zero attached hydrogens (tertiary/aromatic N) is 3. The van der Waals surface area contributed by atoms with Crippen molar-refractivity contribution in [3.05, 3.63) is 46.6 Å². The molecule has 7 heteroatoms. The molecule has 2 heterocycles. The summed E-state index contributed by atoms with van der Waals surface area (Å²) >= 11 is 0. The van der Waals surface area contributed by atoms with Gasteiger partial charge in [0.25, 0.3) is 5.56 Å². The SMILES string of the molecule is O=C(O)CCn1c(=O)c2ccnn2c2ccc(F)cc21. The molecule has 0 fully saturated rings. The third-order valence-electron chi connectivity index (χ3n) is 3.11. The molecule has 0 saturated carbocycles. The molecule has 0 atom stereocenters. The number of aryl methyl sites for hydroxylation is 1. The Hall–Kier alpha value is -2.70. The van der Waals surface area contributed by atoms with Gasteiger partial charge in [-0.05, 0) is 24.3 Å². The predicted molar refractivity (Wildman–Crippen MR) is 69.2 cm³/mol. The van der Waals surface area contributed by atoms with Gasteiger partial charge in [-0.2, -0.15) is 5.10 Å². The zero-order chi connectivity index (χ0) is 14.3. The standard InChI is InChI=1S/C13H10FN3O3/c14-8-1-2-9-11(7-8)16(6-4-12(18)19)13(20)10-3-5-15-17(9)10/h1-3,5,7H,4,6H2,(H,18,19). The van der Waals surface area contributed by atoms with E-state index in [1.54, 1.807) is 6.07 Å².